The molecule has 0 aliphatic carbocycles. The van der Waals surface area contributed by atoms with E-state index in [-0.39, 0.29) is 19.6 Å². The average Bonchev–Trinajstić information content (AvgIpc) is 2.27. The van der Waals surface area contributed by atoms with E-state index in [4.69, 9.17) is 9.05 Å². The highest BCUT2D eigenvalue weighted by atomic mass is 31.2. The van der Waals surface area contributed by atoms with Crippen molar-refractivity contribution in [3.63, 3.8) is 0 Å². The molecule has 0 aliphatic rings. The molecule has 0 atom stereocenters. The first-order valence-corrected chi connectivity index (χ1v) is 6.78. The van der Waals surface area contributed by atoms with Gasteiger partial charge in [-0.15, -0.1) is 0 Å². The van der Waals surface area contributed by atoms with Crippen molar-refractivity contribution in [1.82, 2.24) is 5.20 Å². The summed E-state index contributed by atoms with van der Waals surface area (Å²) in [6.07, 6.45) is 0.0156. The summed E-state index contributed by atoms with van der Waals surface area (Å²) in [7, 11) is -2.13. The lowest BCUT2D eigenvalue weighted by Gasteiger charge is -2.15. The smallest absolute Gasteiger partial charge is 0.448 e. The van der Waals surface area contributed by atoms with E-state index in [1.54, 1.807) is 20.8 Å². The fourth-order valence-electron chi connectivity index (χ4n) is 0.902. The lowest BCUT2D eigenvalue weighted by Crippen LogP contribution is -2.13. The van der Waals surface area contributed by atoms with Gasteiger partial charge in [0, 0.05) is 5.71 Å². The van der Waals surface area contributed by atoms with E-state index in [1.807, 2.05) is 0 Å². The number of carbonyl (C=O) groups excluding carboxylic acids is 1. The zero-order valence-electron chi connectivity index (χ0n) is 10.6. The Bertz CT molecular complexity index is 309. The third kappa shape index (κ3) is 7.10. The van der Waals surface area contributed by atoms with Gasteiger partial charge in [-0.3, -0.25) is 13.8 Å². The summed E-state index contributed by atoms with van der Waals surface area (Å²) >= 11 is 0. The molecule has 0 amide bonds. The molecule has 0 saturated heterocycles. The second kappa shape index (κ2) is 8.22. The van der Waals surface area contributed by atoms with Crippen LogP contribution < -0.4 is 5.20 Å². The van der Waals surface area contributed by atoms with Gasteiger partial charge in [0.2, 0.25) is 0 Å². The van der Waals surface area contributed by atoms with Crippen molar-refractivity contribution in [1.29, 1.82) is 0 Å². The van der Waals surface area contributed by atoms with Gasteiger partial charge in [0.25, 0.3) is 0 Å². The molecule has 0 aromatic heterocycles. The molecule has 17 heavy (non-hydrogen) atoms. The Balaban J connectivity index is 4.41. The molecule has 0 saturated carbocycles. The van der Waals surface area contributed by atoms with E-state index in [0.717, 1.165) is 0 Å². The number of rotatable bonds is 8. The molecule has 0 aliphatic heterocycles. The first kappa shape index (κ1) is 16.1. The van der Waals surface area contributed by atoms with Crippen LogP contribution in [0, 0.1) is 0 Å². The largest absolute Gasteiger partial charge is 0.469 e. The zero-order valence-corrected chi connectivity index (χ0v) is 11.5. The second-order valence-corrected chi connectivity index (χ2v) is 4.74. The second-order valence-electron chi connectivity index (χ2n) is 3.03. The van der Waals surface area contributed by atoms with Crippen molar-refractivity contribution in [2.75, 3.05) is 20.3 Å². The molecule has 0 bridgehead atoms. The minimum Gasteiger partial charge on any atom is -0.469 e. The van der Waals surface area contributed by atoms with Gasteiger partial charge in [-0.1, -0.05) is 0 Å². The Hall–Kier alpha value is -0.910. The molecular weight excluding hydrogens is 247 g/mol. The normalized spacial score (nSPS) is 12.4. The van der Waals surface area contributed by atoms with Crippen LogP contribution >= 0.6 is 7.75 Å². The fraction of sp³-hybridized carbons (Fsp3) is 0.778. The molecule has 100 valence electrons. The van der Waals surface area contributed by atoms with Gasteiger partial charge in [-0.25, -0.2) is 9.76 Å². The van der Waals surface area contributed by atoms with Crippen molar-refractivity contribution >= 4 is 19.4 Å². The molecule has 0 rings (SSSR count). The quantitative estimate of drug-likeness (QED) is 0.311. The Morgan fingerprint density at radius 2 is 1.82 bits per heavy atom. The first-order chi connectivity index (χ1) is 7.97. The minimum absolute atomic E-state index is 0.0156. The van der Waals surface area contributed by atoms with E-state index in [1.165, 1.54) is 7.11 Å². The highest BCUT2D eigenvalue weighted by Crippen LogP contribution is 2.43. The molecule has 0 unspecified atom stereocenters. The molecular formula is C9H19N2O5P. The molecule has 7 nitrogen and oxygen atoms in total. The van der Waals surface area contributed by atoms with Crippen LogP contribution in [0.5, 0.6) is 0 Å². The number of hydrogen-bond donors (Lipinski definition) is 1. The summed E-state index contributed by atoms with van der Waals surface area (Å²) in [5.41, 5.74) is 0.427. The Labute approximate surface area is 101 Å². The summed E-state index contributed by atoms with van der Waals surface area (Å²) in [5, 5.41) is 6.09. The number of hydrazone groups is 1. The number of carbonyl (C=O) groups is 1. The molecule has 0 radical (unpaired) electrons. The van der Waals surface area contributed by atoms with Gasteiger partial charge in [-0.2, -0.15) is 5.10 Å². The van der Waals surface area contributed by atoms with Crippen LogP contribution in [0.15, 0.2) is 5.10 Å². The molecule has 8 heteroatoms. The van der Waals surface area contributed by atoms with Crippen molar-refractivity contribution in [2.24, 2.45) is 5.10 Å². The van der Waals surface area contributed by atoms with Crippen LogP contribution in [0.4, 0.5) is 0 Å². The van der Waals surface area contributed by atoms with E-state index in [9.17, 15) is 9.36 Å². The predicted octanol–water partition coefficient (Wildman–Crippen LogP) is 1.70. The molecule has 0 fully saturated rings. The van der Waals surface area contributed by atoms with Crippen LogP contribution in [0.3, 0.4) is 0 Å². The highest BCUT2D eigenvalue weighted by Gasteiger charge is 2.22. The van der Waals surface area contributed by atoms with Crippen molar-refractivity contribution in [3.05, 3.63) is 0 Å². The van der Waals surface area contributed by atoms with Crippen LogP contribution in [0.25, 0.3) is 0 Å². The van der Waals surface area contributed by atoms with Crippen molar-refractivity contribution in [2.45, 2.75) is 27.2 Å². The summed E-state index contributed by atoms with van der Waals surface area (Å²) < 4.78 is 26.3. The number of hydrogen-bond acceptors (Lipinski definition) is 6. The molecule has 0 aromatic rings. The van der Waals surface area contributed by atoms with E-state index in [0.29, 0.717) is 5.71 Å². The van der Waals surface area contributed by atoms with Gasteiger partial charge < -0.3 is 4.74 Å². The van der Waals surface area contributed by atoms with Crippen molar-refractivity contribution in [3.8, 4) is 0 Å². The topological polar surface area (TPSA) is 86.2 Å². The monoisotopic (exact) mass is 266 g/mol. The standard InChI is InChI=1S/C9H19N2O5P/c1-5-15-17(13,16-6-2)11-10-8(3)7-9(12)14-4/h5-7H2,1-4H3,(H,11,13). The van der Waals surface area contributed by atoms with Gasteiger partial charge >= 0.3 is 13.7 Å². The lowest BCUT2D eigenvalue weighted by atomic mass is 10.3. The maximum Gasteiger partial charge on any atom is 0.448 e. The van der Waals surface area contributed by atoms with Crippen LogP contribution in [-0.2, 0) is 23.1 Å². The van der Waals surface area contributed by atoms with Gasteiger partial charge in [-0.05, 0) is 20.8 Å². The Morgan fingerprint density at radius 3 is 2.24 bits per heavy atom. The summed E-state index contributed by atoms with van der Waals surface area (Å²) in [5.74, 6) is -0.421. The summed E-state index contributed by atoms with van der Waals surface area (Å²) in [6.45, 7) is 5.45. The number of esters is 1. The SMILES string of the molecule is CCOP(=O)(NN=C(C)CC(=O)OC)OCC. The molecule has 0 heterocycles. The number of nitrogens with zero attached hydrogens (tertiary/aromatic N) is 1. The fourth-order valence-corrected chi connectivity index (χ4v) is 2.07. The average molecular weight is 266 g/mol. The Kier molecular flexibility index (Phi) is 7.78. The van der Waals surface area contributed by atoms with Crippen molar-refractivity contribution < 1.29 is 23.1 Å². The summed E-state index contributed by atoms with van der Waals surface area (Å²) in [4.78, 5) is 10.9. The third-order valence-electron chi connectivity index (χ3n) is 1.59. The lowest BCUT2D eigenvalue weighted by molar-refractivity contribution is -0.139. The Morgan fingerprint density at radius 1 is 1.29 bits per heavy atom. The highest BCUT2D eigenvalue weighted by molar-refractivity contribution is 7.51. The van der Waals surface area contributed by atoms with Crippen LogP contribution in [0.2, 0.25) is 0 Å². The number of ether oxygens (including phenoxy) is 1. The van der Waals surface area contributed by atoms with E-state index < -0.39 is 13.7 Å². The van der Waals surface area contributed by atoms with Gasteiger partial charge in [0.15, 0.2) is 0 Å². The zero-order chi connectivity index (χ0) is 13.3. The number of nitrogens with one attached hydrogen (secondary N) is 1. The predicted molar refractivity (Wildman–Crippen MR) is 63.7 cm³/mol. The maximum absolute atomic E-state index is 11.9. The third-order valence-corrected chi connectivity index (χ3v) is 3.13. The molecule has 1 N–H and O–H groups in total. The van der Waals surface area contributed by atoms with Gasteiger partial charge in [0.1, 0.15) is 0 Å². The maximum atomic E-state index is 11.9. The van der Waals surface area contributed by atoms with E-state index in [2.05, 4.69) is 15.0 Å². The minimum atomic E-state index is -3.41. The first-order valence-electron chi connectivity index (χ1n) is 5.23. The van der Waals surface area contributed by atoms with Crippen LogP contribution in [-0.4, -0.2) is 32.0 Å². The summed E-state index contributed by atoms with van der Waals surface area (Å²) in [6, 6.07) is 0. The van der Waals surface area contributed by atoms with Gasteiger partial charge in [0.05, 0.1) is 26.7 Å². The van der Waals surface area contributed by atoms with Crippen LogP contribution in [0.1, 0.15) is 27.2 Å². The molecule has 0 aromatic carbocycles. The molecule has 0 spiro atoms. The number of methoxy groups -OCH3 is 1. The van der Waals surface area contributed by atoms with E-state index >= 15 is 0 Å².